The van der Waals surface area contributed by atoms with Gasteiger partial charge in [0, 0.05) is 12.2 Å². The van der Waals surface area contributed by atoms with E-state index in [0.717, 1.165) is 5.30 Å². The van der Waals surface area contributed by atoms with Crippen LogP contribution in [0.2, 0.25) is 0 Å². The lowest BCUT2D eigenvalue weighted by Crippen LogP contribution is -2.25. The summed E-state index contributed by atoms with van der Waals surface area (Å²) >= 11 is 4.96. The molecule has 0 aliphatic heterocycles. The van der Waals surface area contributed by atoms with Gasteiger partial charge in [0.2, 0.25) is 5.91 Å². The molecule has 1 aromatic heterocycles. The molecule has 1 heterocycles. The fraction of sp³-hybridized carbons (Fsp3) is 0.143. The van der Waals surface area contributed by atoms with Crippen LogP contribution in [0, 0.1) is 0 Å². The lowest BCUT2D eigenvalue weighted by Gasteiger charge is -1.99. The summed E-state index contributed by atoms with van der Waals surface area (Å²) in [6, 6.07) is 3.87. The topological polar surface area (TPSA) is 29.1 Å². The summed E-state index contributed by atoms with van der Waals surface area (Å²) in [5.74, 6) is 1.93. The number of carbonyl (C=O) groups excluding carboxylic acids is 1. The Morgan fingerprint density at radius 3 is 2.91 bits per heavy atom. The van der Waals surface area contributed by atoms with Crippen LogP contribution in [0.15, 0.2) is 17.9 Å². The van der Waals surface area contributed by atoms with Crippen molar-refractivity contribution in [3.8, 4) is 0 Å². The van der Waals surface area contributed by atoms with E-state index >= 15 is 0 Å². The van der Waals surface area contributed by atoms with Gasteiger partial charge in [0.1, 0.15) is 4.99 Å². The van der Waals surface area contributed by atoms with Gasteiger partial charge in [-0.25, -0.2) is 0 Å². The van der Waals surface area contributed by atoms with Gasteiger partial charge in [-0.2, -0.15) is 0 Å². The van der Waals surface area contributed by atoms with E-state index in [-0.39, 0.29) is 5.91 Å². The molecule has 0 fully saturated rings. The predicted octanol–water partition coefficient (Wildman–Crippen LogP) is 1.53. The Balaban J connectivity index is 2.64. The van der Waals surface area contributed by atoms with Crippen LogP contribution in [0.3, 0.4) is 0 Å². The van der Waals surface area contributed by atoms with Gasteiger partial charge in [-0.15, -0.1) is 8.19 Å². The van der Waals surface area contributed by atoms with E-state index < -0.39 is 0 Å². The molecule has 1 rings (SSSR count). The molecule has 0 radical (unpaired) electrons. The molecule has 1 unspecified atom stereocenters. The van der Waals surface area contributed by atoms with Crippen molar-refractivity contribution in [3.63, 3.8) is 0 Å². The third kappa shape index (κ3) is 2.45. The smallest absolute Gasteiger partial charge is 0.221 e. The van der Waals surface area contributed by atoms with Gasteiger partial charge >= 0.3 is 0 Å². The van der Waals surface area contributed by atoms with Gasteiger partial charge in [-0.3, -0.25) is 4.79 Å². The minimum Gasteiger partial charge on any atom is -0.317 e. The van der Waals surface area contributed by atoms with Crippen LogP contribution in [0.5, 0.6) is 0 Å². The zero-order valence-electron chi connectivity index (χ0n) is 6.05. The van der Waals surface area contributed by atoms with E-state index in [1.165, 1.54) is 6.92 Å². The highest BCUT2D eigenvalue weighted by atomic mass is 32.1. The average Bonchev–Trinajstić information content (AvgIpc) is 2.35. The van der Waals surface area contributed by atoms with E-state index in [1.807, 2.05) is 17.9 Å². The van der Waals surface area contributed by atoms with Crippen LogP contribution < -0.4 is 5.32 Å². The molecule has 0 aliphatic carbocycles. The minimum atomic E-state index is -0.104. The summed E-state index contributed by atoms with van der Waals surface area (Å²) in [6.07, 6.45) is 0. The van der Waals surface area contributed by atoms with Crippen LogP contribution in [0.1, 0.15) is 12.2 Å². The molecule has 1 N–H and O–H groups in total. The van der Waals surface area contributed by atoms with Crippen LogP contribution in [-0.2, 0) is 4.79 Å². The minimum absolute atomic E-state index is 0.104. The predicted molar refractivity (Wildman–Crippen MR) is 51.5 cm³/mol. The van der Waals surface area contributed by atoms with Crippen molar-refractivity contribution in [1.29, 1.82) is 0 Å². The van der Waals surface area contributed by atoms with Crippen molar-refractivity contribution >= 4 is 31.3 Å². The third-order valence-corrected chi connectivity index (χ3v) is 2.72. The van der Waals surface area contributed by atoms with Gasteiger partial charge in [0.25, 0.3) is 0 Å². The molecule has 1 amide bonds. The summed E-state index contributed by atoms with van der Waals surface area (Å²) in [6.45, 7) is 1.46. The van der Waals surface area contributed by atoms with E-state index in [9.17, 15) is 4.79 Å². The first-order valence-electron chi connectivity index (χ1n) is 3.15. The van der Waals surface area contributed by atoms with E-state index in [0.29, 0.717) is 13.2 Å². The maximum Gasteiger partial charge on any atom is 0.221 e. The van der Waals surface area contributed by atoms with Crippen molar-refractivity contribution in [2.45, 2.75) is 6.92 Å². The SMILES string of the molecule is CC(=O)NC(=S)c1ccc[pH]1. The van der Waals surface area contributed by atoms with Crippen molar-refractivity contribution in [2.24, 2.45) is 0 Å². The van der Waals surface area contributed by atoms with Gasteiger partial charge in [0.05, 0.1) is 0 Å². The summed E-state index contributed by atoms with van der Waals surface area (Å²) in [5.41, 5.74) is 0. The Bertz CT molecular complexity index is 268. The summed E-state index contributed by atoms with van der Waals surface area (Å²) in [5, 5.41) is 3.61. The molecule has 0 saturated carbocycles. The highest BCUT2D eigenvalue weighted by Crippen LogP contribution is 2.14. The third-order valence-electron chi connectivity index (χ3n) is 1.13. The van der Waals surface area contributed by atoms with Gasteiger partial charge < -0.3 is 5.32 Å². The van der Waals surface area contributed by atoms with Gasteiger partial charge in [-0.05, 0) is 11.9 Å². The average molecular weight is 185 g/mol. The normalized spacial score (nSPS) is 9.91. The van der Waals surface area contributed by atoms with Crippen LogP contribution in [0.4, 0.5) is 0 Å². The van der Waals surface area contributed by atoms with Gasteiger partial charge in [-0.1, -0.05) is 18.3 Å². The standard InChI is InChI=1S/C7H8NOPS/c1-5(9)8-7(11)6-3-2-4-10-6/h2-4,10H,1H3,(H,8,9,11). The maximum absolute atomic E-state index is 10.6. The number of nitrogens with one attached hydrogen (secondary N) is 1. The summed E-state index contributed by atoms with van der Waals surface area (Å²) < 4.78 is 0. The molecule has 2 nitrogen and oxygen atoms in total. The maximum atomic E-state index is 10.6. The molecular formula is C7H8NOPS. The molecule has 11 heavy (non-hydrogen) atoms. The Kier molecular flexibility index (Phi) is 2.80. The highest BCUT2D eigenvalue weighted by molar-refractivity contribution is 7.81. The van der Waals surface area contributed by atoms with Crippen molar-refractivity contribution < 1.29 is 4.79 Å². The zero-order valence-corrected chi connectivity index (χ0v) is 7.87. The second kappa shape index (κ2) is 3.65. The Morgan fingerprint density at radius 1 is 1.73 bits per heavy atom. The highest BCUT2D eigenvalue weighted by Gasteiger charge is 2.00. The number of rotatable bonds is 1. The molecular weight excluding hydrogens is 177 g/mol. The first-order chi connectivity index (χ1) is 5.20. The van der Waals surface area contributed by atoms with E-state index in [2.05, 4.69) is 5.32 Å². The summed E-state index contributed by atoms with van der Waals surface area (Å²) in [7, 11) is 0.604. The number of thiocarbonyl (C=S) groups is 1. The molecule has 0 aliphatic rings. The fourth-order valence-electron chi connectivity index (χ4n) is 0.699. The molecule has 0 aromatic carbocycles. The zero-order chi connectivity index (χ0) is 8.27. The van der Waals surface area contributed by atoms with Crippen LogP contribution >= 0.6 is 20.4 Å². The molecule has 1 atom stereocenters. The monoisotopic (exact) mass is 185 g/mol. The Morgan fingerprint density at radius 2 is 2.45 bits per heavy atom. The molecule has 0 saturated heterocycles. The largest absolute Gasteiger partial charge is 0.317 e. The molecule has 0 spiro atoms. The number of hydrogen-bond acceptors (Lipinski definition) is 2. The summed E-state index contributed by atoms with van der Waals surface area (Å²) in [4.78, 5) is 11.1. The number of amides is 1. The Labute approximate surface area is 72.1 Å². The molecule has 1 aromatic rings. The van der Waals surface area contributed by atoms with Gasteiger partial charge in [0.15, 0.2) is 0 Å². The molecule has 58 valence electrons. The second-order valence-electron chi connectivity index (χ2n) is 2.09. The number of hydrogen-bond donors (Lipinski definition) is 1. The Hall–Kier alpha value is -0.660. The first-order valence-corrected chi connectivity index (χ1v) is 4.64. The van der Waals surface area contributed by atoms with Crippen molar-refractivity contribution in [2.75, 3.05) is 0 Å². The molecule has 4 heteroatoms. The van der Waals surface area contributed by atoms with Crippen molar-refractivity contribution in [3.05, 3.63) is 23.2 Å². The second-order valence-corrected chi connectivity index (χ2v) is 3.66. The van der Waals surface area contributed by atoms with Crippen LogP contribution in [0.25, 0.3) is 0 Å². The lowest BCUT2D eigenvalue weighted by molar-refractivity contribution is -0.117. The molecule has 0 bridgehead atoms. The van der Waals surface area contributed by atoms with Crippen LogP contribution in [-0.4, -0.2) is 10.9 Å². The first kappa shape index (κ1) is 8.44. The quantitative estimate of drug-likeness (QED) is 0.672. The number of carbonyl (C=O) groups is 1. The van der Waals surface area contributed by atoms with Crippen molar-refractivity contribution in [1.82, 2.24) is 5.32 Å². The van der Waals surface area contributed by atoms with E-state index in [4.69, 9.17) is 12.2 Å². The fourth-order valence-corrected chi connectivity index (χ4v) is 1.85. The lowest BCUT2D eigenvalue weighted by atomic mass is 10.4. The van der Waals surface area contributed by atoms with E-state index in [1.54, 1.807) is 0 Å².